The number of imidazole rings is 1. The van der Waals surface area contributed by atoms with Gasteiger partial charge in [-0.05, 0) is 12.1 Å². The van der Waals surface area contributed by atoms with Gasteiger partial charge in [-0.15, -0.1) is 0 Å². The fraction of sp³-hybridized carbons (Fsp3) is 0.385. The van der Waals surface area contributed by atoms with E-state index in [1.807, 2.05) is 17.9 Å². The Hall–Kier alpha value is -1.95. The molecule has 0 saturated heterocycles. The van der Waals surface area contributed by atoms with Gasteiger partial charge in [-0.25, -0.2) is 14.4 Å². The van der Waals surface area contributed by atoms with Crippen LogP contribution in [0.2, 0.25) is 0 Å². The molecule has 0 radical (unpaired) electrons. The molecule has 0 saturated carbocycles. The molecule has 1 aliphatic rings. The number of fused-ring (bicyclic) bond motifs is 1. The molecule has 0 fully saturated rings. The summed E-state index contributed by atoms with van der Waals surface area (Å²) in [5.41, 5.74) is 2.27. The van der Waals surface area contributed by atoms with E-state index in [2.05, 4.69) is 15.3 Å². The second kappa shape index (κ2) is 4.97. The fourth-order valence-corrected chi connectivity index (χ4v) is 2.23. The van der Waals surface area contributed by atoms with Crippen LogP contribution in [-0.2, 0) is 20.0 Å². The van der Waals surface area contributed by atoms with Gasteiger partial charge in [0.05, 0.1) is 12.0 Å². The van der Waals surface area contributed by atoms with Gasteiger partial charge in [-0.2, -0.15) is 0 Å². The van der Waals surface area contributed by atoms with Crippen LogP contribution in [0.1, 0.15) is 11.4 Å². The van der Waals surface area contributed by atoms with Crippen molar-refractivity contribution in [2.45, 2.75) is 19.0 Å². The van der Waals surface area contributed by atoms with E-state index in [-0.39, 0.29) is 11.9 Å². The summed E-state index contributed by atoms with van der Waals surface area (Å²) in [6.45, 7) is 1.10. The summed E-state index contributed by atoms with van der Waals surface area (Å²) in [6.07, 6.45) is 4.15. The molecule has 0 amide bonds. The average molecular weight is 262 g/mol. The van der Waals surface area contributed by atoms with Gasteiger partial charge in [0.15, 0.2) is 5.82 Å². The third-order valence-corrected chi connectivity index (χ3v) is 3.29. The van der Waals surface area contributed by atoms with Crippen molar-refractivity contribution in [1.82, 2.24) is 19.9 Å². The number of rotatable bonds is 3. The first-order valence-corrected chi connectivity index (χ1v) is 6.20. The van der Waals surface area contributed by atoms with Crippen molar-refractivity contribution < 1.29 is 9.13 Å². The number of ether oxygens (including phenoxy) is 1. The number of halogens is 1. The van der Waals surface area contributed by atoms with E-state index >= 15 is 0 Å². The van der Waals surface area contributed by atoms with Crippen molar-refractivity contribution in [3.8, 4) is 5.88 Å². The SMILES string of the molecule is Cn1cnc2c1C[C@@H](COc1ncccc1F)NC2. The molecule has 19 heavy (non-hydrogen) atoms. The zero-order valence-electron chi connectivity index (χ0n) is 10.6. The summed E-state index contributed by atoms with van der Waals surface area (Å²) in [4.78, 5) is 8.18. The minimum absolute atomic E-state index is 0.0557. The Morgan fingerprint density at radius 3 is 3.26 bits per heavy atom. The van der Waals surface area contributed by atoms with Gasteiger partial charge < -0.3 is 14.6 Å². The van der Waals surface area contributed by atoms with Crippen LogP contribution in [0, 0.1) is 5.82 Å². The molecular formula is C13H15FN4O. The lowest BCUT2D eigenvalue weighted by molar-refractivity contribution is 0.236. The molecule has 2 aromatic rings. The first-order chi connectivity index (χ1) is 9.24. The Bertz CT molecular complexity index is 584. The van der Waals surface area contributed by atoms with Crippen LogP contribution in [0.3, 0.4) is 0 Å². The van der Waals surface area contributed by atoms with Crippen molar-refractivity contribution in [3.63, 3.8) is 0 Å². The van der Waals surface area contributed by atoms with Crippen LogP contribution in [0.5, 0.6) is 5.88 Å². The predicted octanol–water partition coefficient (Wildman–Crippen LogP) is 1.05. The number of hydrogen-bond acceptors (Lipinski definition) is 4. The average Bonchev–Trinajstić information content (AvgIpc) is 2.79. The summed E-state index contributed by atoms with van der Waals surface area (Å²) >= 11 is 0. The summed E-state index contributed by atoms with van der Waals surface area (Å²) in [5, 5.41) is 3.33. The van der Waals surface area contributed by atoms with E-state index in [0.29, 0.717) is 6.61 Å². The highest BCUT2D eigenvalue weighted by molar-refractivity contribution is 5.18. The van der Waals surface area contributed by atoms with Gasteiger partial charge in [0, 0.05) is 37.9 Å². The molecule has 6 heteroatoms. The molecular weight excluding hydrogens is 247 g/mol. The van der Waals surface area contributed by atoms with Gasteiger partial charge in [0.1, 0.15) is 6.61 Å². The summed E-state index contributed by atoms with van der Waals surface area (Å²) < 4.78 is 20.8. The lowest BCUT2D eigenvalue weighted by Crippen LogP contribution is -2.40. The lowest BCUT2D eigenvalue weighted by atomic mass is 10.1. The molecule has 3 rings (SSSR count). The van der Waals surface area contributed by atoms with Crippen molar-refractivity contribution in [1.29, 1.82) is 0 Å². The molecule has 5 nitrogen and oxygen atoms in total. The lowest BCUT2D eigenvalue weighted by Gasteiger charge is -2.24. The Labute approximate surface area is 110 Å². The quantitative estimate of drug-likeness (QED) is 0.898. The van der Waals surface area contributed by atoms with Gasteiger partial charge in [0.2, 0.25) is 5.88 Å². The Morgan fingerprint density at radius 1 is 1.53 bits per heavy atom. The highest BCUT2D eigenvalue weighted by Gasteiger charge is 2.22. The summed E-state index contributed by atoms with van der Waals surface area (Å²) in [7, 11) is 1.98. The molecule has 0 spiro atoms. The highest BCUT2D eigenvalue weighted by Crippen LogP contribution is 2.16. The normalized spacial score (nSPS) is 18.1. The highest BCUT2D eigenvalue weighted by atomic mass is 19.1. The molecule has 1 atom stereocenters. The number of hydrogen-bond donors (Lipinski definition) is 1. The van der Waals surface area contributed by atoms with Crippen LogP contribution >= 0.6 is 0 Å². The Balaban J connectivity index is 1.64. The van der Waals surface area contributed by atoms with Crippen LogP contribution in [-0.4, -0.2) is 27.2 Å². The van der Waals surface area contributed by atoms with Gasteiger partial charge in [0.25, 0.3) is 0 Å². The smallest absolute Gasteiger partial charge is 0.250 e. The van der Waals surface area contributed by atoms with E-state index in [0.717, 1.165) is 18.7 Å². The number of pyridine rings is 1. The second-order valence-corrected chi connectivity index (χ2v) is 4.63. The van der Waals surface area contributed by atoms with Crippen molar-refractivity contribution in [3.05, 3.63) is 41.9 Å². The van der Waals surface area contributed by atoms with E-state index in [1.165, 1.54) is 18.0 Å². The zero-order valence-corrected chi connectivity index (χ0v) is 10.6. The fourth-order valence-electron chi connectivity index (χ4n) is 2.23. The Kier molecular flexibility index (Phi) is 3.16. The topological polar surface area (TPSA) is 52.0 Å². The van der Waals surface area contributed by atoms with E-state index < -0.39 is 5.82 Å². The van der Waals surface area contributed by atoms with Crippen molar-refractivity contribution in [2.24, 2.45) is 7.05 Å². The minimum atomic E-state index is -0.431. The monoisotopic (exact) mass is 262 g/mol. The third-order valence-electron chi connectivity index (χ3n) is 3.29. The molecule has 0 unspecified atom stereocenters. The maximum atomic E-state index is 13.4. The van der Waals surface area contributed by atoms with Crippen LogP contribution in [0.25, 0.3) is 0 Å². The standard InChI is InChI=1S/C13H15FN4O/c1-18-8-17-11-6-16-9(5-12(11)18)7-19-13-10(14)3-2-4-15-13/h2-4,8-9,16H,5-7H2,1H3/t9-/m0/s1. The number of nitrogens with one attached hydrogen (secondary N) is 1. The molecule has 1 N–H and O–H groups in total. The number of aryl methyl sites for hydroxylation is 1. The van der Waals surface area contributed by atoms with Crippen LogP contribution < -0.4 is 10.1 Å². The molecule has 0 aromatic carbocycles. The van der Waals surface area contributed by atoms with Crippen molar-refractivity contribution >= 4 is 0 Å². The van der Waals surface area contributed by atoms with Crippen LogP contribution in [0.4, 0.5) is 4.39 Å². The first-order valence-electron chi connectivity index (χ1n) is 6.20. The minimum Gasteiger partial charge on any atom is -0.474 e. The molecule has 1 aliphatic heterocycles. The van der Waals surface area contributed by atoms with Gasteiger partial charge >= 0.3 is 0 Å². The molecule has 0 bridgehead atoms. The molecule has 2 aromatic heterocycles. The predicted molar refractivity (Wildman–Crippen MR) is 67.2 cm³/mol. The maximum Gasteiger partial charge on any atom is 0.250 e. The Morgan fingerprint density at radius 2 is 2.42 bits per heavy atom. The van der Waals surface area contributed by atoms with E-state index in [4.69, 9.17) is 4.74 Å². The molecule has 0 aliphatic carbocycles. The summed E-state index contributed by atoms with van der Waals surface area (Å²) in [6, 6.07) is 3.03. The zero-order chi connectivity index (χ0) is 13.2. The van der Waals surface area contributed by atoms with E-state index in [9.17, 15) is 4.39 Å². The second-order valence-electron chi connectivity index (χ2n) is 4.63. The number of aromatic nitrogens is 3. The van der Waals surface area contributed by atoms with E-state index in [1.54, 1.807) is 6.07 Å². The van der Waals surface area contributed by atoms with Crippen molar-refractivity contribution in [2.75, 3.05) is 6.61 Å². The largest absolute Gasteiger partial charge is 0.474 e. The molecule has 100 valence electrons. The molecule has 3 heterocycles. The summed E-state index contributed by atoms with van der Waals surface area (Å²) in [5.74, 6) is -0.375. The van der Waals surface area contributed by atoms with Gasteiger partial charge in [-0.1, -0.05) is 0 Å². The van der Waals surface area contributed by atoms with Gasteiger partial charge in [-0.3, -0.25) is 0 Å². The van der Waals surface area contributed by atoms with Crippen LogP contribution in [0.15, 0.2) is 24.7 Å². The third kappa shape index (κ3) is 2.44. The number of nitrogens with zero attached hydrogens (tertiary/aromatic N) is 3. The maximum absolute atomic E-state index is 13.4. The first kappa shape index (κ1) is 12.1.